The van der Waals surface area contributed by atoms with Crippen molar-refractivity contribution in [2.45, 2.75) is 6.92 Å². The second-order valence-corrected chi connectivity index (χ2v) is 5.60. The molecule has 1 aromatic carbocycles. The molecule has 4 nitrogen and oxygen atoms in total. The SMILES string of the molecule is Cc1ccc(C(=O)O)cc1Oc1ncc(Br)cc1Br. The van der Waals surface area contributed by atoms with Gasteiger partial charge in [-0.25, -0.2) is 9.78 Å². The van der Waals surface area contributed by atoms with Crippen molar-refractivity contribution in [1.29, 1.82) is 0 Å². The summed E-state index contributed by atoms with van der Waals surface area (Å²) >= 11 is 6.64. The van der Waals surface area contributed by atoms with E-state index in [1.54, 1.807) is 18.3 Å². The number of ether oxygens (including phenoxy) is 1. The quantitative estimate of drug-likeness (QED) is 0.848. The predicted molar refractivity (Wildman–Crippen MR) is 77.8 cm³/mol. The van der Waals surface area contributed by atoms with Crippen molar-refractivity contribution < 1.29 is 14.6 Å². The van der Waals surface area contributed by atoms with E-state index < -0.39 is 5.97 Å². The highest BCUT2D eigenvalue weighted by atomic mass is 79.9. The Bertz CT molecular complexity index is 644. The molecule has 0 amide bonds. The minimum absolute atomic E-state index is 0.175. The Morgan fingerprint density at radius 1 is 1.32 bits per heavy atom. The topological polar surface area (TPSA) is 59.4 Å². The van der Waals surface area contributed by atoms with Crippen LogP contribution < -0.4 is 4.74 Å². The number of rotatable bonds is 3. The van der Waals surface area contributed by atoms with Gasteiger partial charge in [0.2, 0.25) is 5.88 Å². The van der Waals surface area contributed by atoms with Crippen LogP contribution in [0.1, 0.15) is 15.9 Å². The molecule has 0 bridgehead atoms. The molecule has 19 heavy (non-hydrogen) atoms. The van der Waals surface area contributed by atoms with Gasteiger partial charge in [0.25, 0.3) is 0 Å². The summed E-state index contributed by atoms with van der Waals surface area (Å²) in [4.78, 5) is 15.1. The third-order valence-corrected chi connectivity index (χ3v) is 3.42. The van der Waals surface area contributed by atoms with Crippen molar-refractivity contribution in [2.75, 3.05) is 0 Å². The maximum atomic E-state index is 10.9. The number of aromatic nitrogens is 1. The molecule has 1 aromatic heterocycles. The van der Waals surface area contributed by atoms with Gasteiger partial charge in [-0.2, -0.15) is 0 Å². The second-order valence-electron chi connectivity index (χ2n) is 3.83. The van der Waals surface area contributed by atoms with Crippen LogP contribution in [-0.2, 0) is 0 Å². The van der Waals surface area contributed by atoms with Crippen LogP contribution in [0.4, 0.5) is 0 Å². The van der Waals surface area contributed by atoms with E-state index in [4.69, 9.17) is 9.84 Å². The molecule has 1 N–H and O–H groups in total. The van der Waals surface area contributed by atoms with Crippen LogP contribution in [0.3, 0.4) is 0 Å². The number of carbonyl (C=O) groups is 1. The standard InChI is InChI=1S/C13H9Br2NO3/c1-7-2-3-8(13(17)18)4-11(7)19-12-10(15)5-9(14)6-16-12/h2-6H,1H3,(H,17,18). The van der Waals surface area contributed by atoms with Crippen LogP contribution in [-0.4, -0.2) is 16.1 Å². The van der Waals surface area contributed by atoms with Gasteiger partial charge in [0.05, 0.1) is 10.0 Å². The molecule has 2 aromatic rings. The molecule has 0 aliphatic heterocycles. The van der Waals surface area contributed by atoms with Gasteiger partial charge < -0.3 is 9.84 Å². The Kier molecular flexibility index (Phi) is 4.21. The van der Waals surface area contributed by atoms with Crippen molar-refractivity contribution >= 4 is 37.8 Å². The molecule has 0 radical (unpaired) electrons. The van der Waals surface area contributed by atoms with Gasteiger partial charge in [-0.3, -0.25) is 0 Å². The van der Waals surface area contributed by atoms with E-state index in [9.17, 15) is 4.79 Å². The summed E-state index contributed by atoms with van der Waals surface area (Å²) in [6.45, 7) is 1.84. The highest BCUT2D eigenvalue weighted by Gasteiger charge is 2.10. The summed E-state index contributed by atoms with van der Waals surface area (Å²) in [6, 6.07) is 6.52. The molecule has 2 rings (SSSR count). The number of aryl methyl sites for hydroxylation is 1. The fraction of sp³-hybridized carbons (Fsp3) is 0.0769. The molecule has 0 saturated heterocycles. The zero-order chi connectivity index (χ0) is 14.0. The molecule has 0 atom stereocenters. The van der Waals surface area contributed by atoms with Crippen LogP contribution in [0.15, 0.2) is 39.4 Å². The molecule has 0 fully saturated rings. The average Bonchev–Trinajstić information content (AvgIpc) is 2.34. The van der Waals surface area contributed by atoms with E-state index in [2.05, 4.69) is 36.8 Å². The van der Waals surface area contributed by atoms with E-state index in [0.29, 0.717) is 16.1 Å². The number of hydrogen-bond acceptors (Lipinski definition) is 3. The number of carboxylic acid groups (broad SMARTS) is 1. The van der Waals surface area contributed by atoms with Gasteiger partial charge in [0.15, 0.2) is 0 Å². The van der Waals surface area contributed by atoms with Crippen molar-refractivity contribution in [3.8, 4) is 11.6 Å². The lowest BCUT2D eigenvalue weighted by molar-refractivity contribution is 0.0696. The highest BCUT2D eigenvalue weighted by molar-refractivity contribution is 9.11. The number of halogens is 2. The molecule has 0 spiro atoms. The maximum Gasteiger partial charge on any atom is 0.335 e. The van der Waals surface area contributed by atoms with Crippen LogP contribution in [0.25, 0.3) is 0 Å². The van der Waals surface area contributed by atoms with Gasteiger partial charge in [-0.1, -0.05) is 6.07 Å². The summed E-state index contributed by atoms with van der Waals surface area (Å²) in [5, 5.41) is 8.97. The highest BCUT2D eigenvalue weighted by Crippen LogP contribution is 2.31. The Morgan fingerprint density at radius 2 is 2.05 bits per heavy atom. The van der Waals surface area contributed by atoms with Gasteiger partial charge >= 0.3 is 5.97 Å². The van der Waals surface area contributed by atoms with E-state index in [1.807, 2.05) is 6.92 Å². The molecule has 1 heterocycles. The number of benzene rings is 1. The monoisotopic (exact) mass is 385 g/mol. The van der Waals surface area contributed by atoms with Gasteiger partial charge in [-0.05, 0) is 62.5 Å². The first kappa shape index (κ1) is 14.0. The van der Waals surface area contributed by atoms with Crippen LogP contribution in [0.2, 0.25) is 0 Å². The zero-order valence-electron chi connectivity index (χ0n) is 9.85. The van der Waals surface area contributed by atoms with E-state index in [1.165, 1.54) is 12.1 Å². The smallest absolute Gasteiger partial charge is 0.335 e. The average molecular weight is 387 g/mol. The first-order chi connectivity index (χ1) is 8.97. The Morgan fingerprint density at radius 3 is 2.68 bits per heavy atom. The van der Waals surface area contributed by atoms with Gasteiger partial charge in [0.1, 0.15) is 5.75 Å². The van der Waals surface area contributed by atoms with Crippen molar-refractivity contribution in [3.05, 3.63) is 50.5 Å². The zero-order valence-corrected chi connectivity index (χ0v) is 13.0. The predicted octanol–water partition coefficient (Wildman–Crippen LogP) is 4.41. The molecule has 0 aliphatic rings. The van der Waals surface area contributed by atoms with Crippen LogP contribution in [0.5, 0.6) is 11.6 Å². The summed E-state index contributed by atoms with van der Waals surface area (Å²) in [5.41, 5.74) is 1.01. The lowest BCUT2D eigenvalue weighted by atomic mass is 10.1. The third kappa shape index (κ3) is 3.33. The summed E-state index contributed by atoms with van der Waals surface area (Å²) in [6.07, 6.45) is 1.61. The van der Waals surface area contributed by atoms with Crippen LogP contribution in [0, 0.1) is 6.92 Å². The van der Waals surface area contributed by atoms with Gasteiger partial charge in [0, 0.05) is 10.7 Å². The van der Waals surface area contributed by atoms with E-state index >= 15 is 0 Å². The van der Waals surface area contributed by atoms with Crippen molar-refractivity contribution in [2.24, 2.45) is 0 Å². The molecule has 6 heteroatoms. The van der Waals surface area contributed by atoms with Crippen LogP contribution >= 0.6 is 31.9 Å². The lowest BCUT2D eigenvalue weighted by Crippen LogP contribution is -1.98. The lowest BCUT2D eigenvalue weighted by Gasteiger charge is -2.10. The third-order valence-electron chi connectivity index (χ3n) is 2.42. The summed E-state index contributed by atoms with van der Waals surface area (Å²) < 4.78 is 7.15. The number of pyridine rings is 1. The normalized spacial score (nSPS) is 10.3. The fourth-order valence-electron chi connectivity index (χ4n) is 1.42. The largest absolute Gasteiger partial charge is 0.478 e. The minimum Gasteiger partial charge on any atom is -0.478 e. The first-order valence-corrected chi connectivity index (χ1v) is 6.89. The first-order valence-electron chi connectivity index (χ1n) is 5.30. The van der Waals surface area contributed by atoms with Gasteiger partial charge in [-0.15, -0.1) is 0 Å². The molecular formula is C13H9Br2NO3. The van der Waals surface area contributed by atoms with Crippen molar-refractivity contribution in [3.63, 3.8) is 0 Å². The number of aromatic carboxylic acids is 1. The second kappa shape index (κ2) is 5.71. The fourth-order valence-corrected chi connectivity index (χ4v) is 2.49. The Hall–Kier alpha value is -1.40. The molecule has 0 aliphatic carbocycles. The summed E-state index contributed by atoms with van der Waals surface area (Å²) in [7, 11) is 0. The van der Waals surface area contributed by atoms with E-state index in [-0.39, 0.29) is 5.56 Å². The maximum absolute atomic E-state index is 10.9. The Labute approximate surface area is 126 Å². The molecule has 98 valence electrons. The molecule has 0 unspecified atom stereocenters. The number of nitrogens with zero attached hydrogens (tertiary/aromatic N) is 1. The minimum atomic E-state index is -0.993. The van der Waals surface area contributed by atoms with E-state index in [0.717, 1.165) is 10.0 Å². The van der Waals surface area contributed by atoms with Crippen molar-refractivity contribution in [1.82, 2.24) is 4.98 Å². The molecular weight excluding hydrogens is 378 g/mol. The number of carboxylic acids is 1. The number of hydrogen-bond donors (Lipinski definition) is 1. The Balaban J connectivity index is 2.37. The molecule has 0 saturated carbocycles. The summed E-state index contributed by atoms with van der Waals surface area (Å²) in [5.74, 6) is -0.142.